The van der Waals surface area contributed by atoms with Crippen LogP contribution in [0, 0.1) is 6.92 Å². The Kier molecular flexibility index (Phi) is 15.9. The van der Waals surface area contributed by atoms with E-state index in [2.05, 4.69) is 13.2 Å². The van der Waals surface area contributed by atoms with Gasteiger partial charge in [-0.25, -0.2) is 9.59 Å². The fourth-order valence-corrected chi connectivity index (χ4v) is 4.63. The predicted octanol–water partition coefficient (Wildman–Crippen LogP) is 8.48. The summed E-state index contributed by atoms with van der Waals surface area (Å²) < 4.78 is 43.8. The summed E-state index contributed by atoms with van der Waals surface area (Å²) in [5, 5.41) is 0. The molecular formula is C41H44O10. The summed E-state index contributed by atoms with van der Waals surface area (Å²) in [5.41, 5.74) is 3.17. The van der Waals surface area contributed by atoms with E-state index in [4.69, 9.17) is 37.9 Å². The maximum absolute atomic E-state index is 12.9. The topological polar surface area (TPSA) is 108 Å². The van der Waals surface area contributed by atoms with Gasteiger partial charge in [0.05, 0.1) is 38.3 Å². The number of rotatable bonds is 23. The Morgan fingerprint density at radius 2 is 1.16 bits per heavy atom. The van der Waals surface area contributed by atoms with Crippen molar-refractivity contribution in [3.63, 3.8) is 0 Å². The molecule has 51 heavy (non-hydrogen) atoms. The van der Waals surface area contributed by atoms with E-state index in [1.807, 2.05) is 67.6 Å². The second-order valence-corrected chi connectivity index (χ2v) is 11.1. The molecule has 0 aliphatic carbocycles. The third kappa shape index (κ3) is 13.6. The maximum atomic E-state index is 12.9. The Bertz CT molecular complexity index is 1660. The molecule has 268 valence electrons. The summed E-state index contributed by atoms with van der Waals surface area (Å²) in [7, 11) is 0. The average molecular weight is 697 g/mol. The highest BCUT2D eigenvalue weighted by Crippen LogP contribution is 2.26. The van der Waals surface area contributed by atoms with Crippen LogP contribution in [-0.2, 0) is 19.0 Å². The summed E-state index contributed by atoms with van der Waals surface area (Å²) in [5.74, 6) is 2.29. The zero-order chi connectivity index (χ0) is 36.1. The fourth-order valence-electron chi connectivity index (χ4n) is 4.63. The number of aryl methyl sites for hydroxylation is 1. The van der Waals surface area contributed by atoms with Crippen LogP contribution in [0.2, 0.25) is 0 Å². The van der Waals surface area contributed by atoms with Crippen LogP contribution in [-0.4, -0.2) is 52.0 Å². The van der Waals surface area contributed by atoms with Gasteiger partial charge in [-0.2, -0.15) is 0 Å². The van der Waals surface area contributed by atoms with Crippen LogP contribution in [0.5, 0.6) is 28.7 Å². The van der Waals surface area contributed by atoms with Gasteiger partial charge in [0.15, 0.2) is 6.79 Å². The molecule has 0 fully saturated rings. The van der Waals surface area contributed by atoms with Crippen LogP contribution < -0.4 is 23.7 Å². The molecule has 4 aromatic carbocycles. The lowest BCUT2D eigenvalue weighted by Gasteiger charge is -2.12. The zero-order valence-electron chi connectivity index (χ0n) is 28.9. The summed E-state index contributed by atoms with van der Waals surface area (Å²) in [4.78, 5) is 23.9. The Hall–Kier alpha value is -5.74. The summed E-state index contributed by atoms with van der Waals surface area (Å²) >= 11 is 0. The maximum Gasteiger partial charge on any atom is 0.343 e. The molecule has 0 unspecified atom stereocenters. The molecule has 0 bridgehead atoms. The lowest BCUT2D eigenvalue weighted by Crippen LogP contribution is -2.09. The van der Waals surface area contributed by atoms with Crippen LogP contribution in [0.15, 0.2) is 116 Å². The van der Waals surface area contributed by atoms with Crippen molar-refractivity contribution in [2.75, 3.05) is 40.0 Å². The van der Waals surface area contributed by atoms with E-state index < -0.39 is 11.9 Å². The number of benzene rings is 4. The van der Waals surface area contributed by atoms with Gasteiger partial charge in [-0.3, -0.25) is 0 Å². The first-order chi connectivity index (χ1) is 24.9. The van der Waals surface area contributed by atoms with Gasteiger partial charge in [0, 0.05) is 6.08 Å². The van der Waals surface area contributed by atoms with Gasteiger partial charge in [-0.15, -0.1) is 0 Å². The Labute approximate surface area is 299 Å². The summed E-state index contributed by atoms with van der Waals surface area (Å²) in [6.45, 7) is 11.0. The lowest BCUT2D eigenvalue weighted by molar-refractivity contribution is -0.137. The highest BCUT2D eigenvalue weighted by Gasteiger charge is 2.11. The zero-order valence-corrected chi connectivity index (χ0v) is 28.9. The van der Waals surface area contributed by atoms with Gasteiger partial charge in [-0.1, -0.05) is 37.4 Å². The van der Waals surface area contributed by atoms with E-state index in [1.54, 1.807) is 30.3 Å². The minimum atomic E-state index is -0.461. The molecule has 0 N–H and O–H groups in total. The van der Waals surface area contributed by atoms with Crippen molar-refractivity contribution in [2.24, 2.45) is 0 Å². The monoisotopic (exact) mass is 696 g/mol. The SMILES string of the molecule is C=COCOCCCCOc1ccc(OCOc2ccc(OC(=O)c3ccc(-c4ccc(OCCCCOC(=O)C=C)cc4)cc3)cc2C)cc1. The smallest absolute Gasteiger partial charge is 0.343 e. The second kappa shape index (κ2) is 21.4. The summed E-state index contributed by atoms with van der Waals surface area (Å²) in [6.07, 6.45) is 5.70. The van der Waals surface area contributed by atoms with E-state index in [1.165, 1.54) is 6.26 Å². The van der Waals surface area contributed by atoms with Crippen molar-refractivity contribution >= 4 is 11.9 Å². The first-order valence-corrected chi connectivity index (χ1v) is 16.7. The molecule has 0 aliphatic rings. The largest absolute Gasteiger partial charge is 0.494 e. The fraction of sp³-hybridized carbons (Fsp3) is 0.268. The van der Waals surface area contributed by atoms with E-state index in [-0.39, 0.29) is 13.6 Å². The molecule has 0 heterocycles. The minimum Gasteiger partial charge on any atom is -0.494 e. The number of esters is 2. The van der Waals surface area contributed by atoms with Crippen molar-refractivity contribution in [2.45, 2.75) is 32.6 Å². The van der Waals surface area contributed by atoms with Crippen molar-refractivity contribution in [3.05, 3.63) is 128 Å². The van der Waals surface area contributed by atoms with Gasteiger partial charge in [0.2, 0.25) is 6.79 Å². The predicted molar refractivity (Wildman–Crippen MR) is 193 cm³/mol. The Morgan fingerprint density at radius 1 is 0.608 bits per heavy atom. The Morgan fingerprint density at radius 3 is 1.76 bits per heavy atom. The molecule has 0 spiro atoms. The standard InChI is InChI=1S/C41H44O10/c1-4-40(42)48-27-9-8-26-46-35-16-14-33(15-17-35)32-10-12-34(13-11-32)41(43)51-38-22-23-39(31(3)28-38)50-30-49-37-20-18-36(19-21-37)47-25-7-6-24-45-29-44-5-2/h4-5,10-23,28H,1-2,6-9,24-27,29-30H2,3H3. The number of ether oxygens (including phenoxy) is 8. The molecular weight excluding hydrogens is 652 g/mol. The second-order valence-electron chi connectivity index (χ2n) is 11.1. The number of carbonyl (C=O) groups is 2. The first kappa shape index (κ1) is 38.1. The molecule has 0 saturated carbocycles. The van der Waals surface area contributed by atoms with Gasteiger partial charge in [-0.05, 0) is 116 Å². The number of unbranched alkanes of at least 4 members (excludes halogenated alkanes) is 2. The number of hydrogen-bond acceptors (Lipinski definition) is 10. The van der Waals surface area contributed by atoms with Gasteiger partial charge >= 0.3 is 11.9 Å². The minimum absolute atomic E-state index is 0.00838. The van der Waals surface area contributed by atoms with Crippen molar-refractivity contribution < 1.29 is 47.5 Å². The van der Waals surface area contributed by atoms with Crippen molar-refractivity contribution in [3.8, 4) is 39.9 Å². The van der Waals surface area contributed by atoms with Gasteiger partial charge in [0.25, 0.3) is 0 Å². The van der Waals surface area contributed by atoms with Crippen molar-refractivity contribution in [1.29, 1.82) is 0 Å². The number of hydrogen-bond donors (Lipinski definition) is 0. The Balaban J connectivity index is 1.15. The highest BCUT2D eigenvalue weighted by molar-refractivity contribution is 5.91. The average Bonchev–Trinajstić information content (AvgIpc) is 3.15. The number of carbonyl (C=O) groups excluding carboxylic acids is 2. The third-order valence-corrected chi connectivity index (χ3v) is 7.37. The third-order valence-electron chi connectivity index (χ3n) is 7.37. The highest BCUT2D eigenvalue weighted by atomic mass is 16.7. The van der Waals surface area contributed by atoms with Crippen LogP contribution >= 0.6 is 0 Å². The van der Waals surface area contributed by atoms with Crippen molar-refractivity contribution in [1.82, 2.24) is 0 Å². The molecule has 0 saturated heterocycles. The van der Waals surface area contributed by atoms with E-state index in [0.29, 0.717) is 55.7 Å². The molecule has 4 aromatic rings. The molecule has 4 rings (SSSR count). The normalized spacial score (nSPS) is 10.5. The van der Waals surface area contributed by atoms with Crippen LogP contribution in [0.1, 0.15) is 41.6 Å². The molecule has 0 aromatic heterocycles. The van der Waals surface area contributed by atoms with Crippen LogP contribution in [0.4, 0.5) is 0 Å². The molecule has 10 heteroatoms. The first-order valence-electron chi connectivity index (χ1n) is 16.7. The van der Waals surface area contributed by atoms with Crippen LogP contribution in [0.25, 0.3) is 11.1 Å². The lowest BCUT2D eigenvalue weighted by atomic mass is 10.0. The molecule has 0 amide bonds. The van der Waals surface area contributed by atoms with E-state index in [9.17, 15) is 9.59 Å². The van der Waals surface area contributed by atoms with Gasteiger partial charge < -0.3 is 37.9 Å². The van der Waals surface area contributed by atoms with E-state index in [0.717, 1.165) is 53.5 Å². The molecule has 0 radical (unpaired) electrons. The van der Waals surface area contributed by atoms with Crippen LogP contribution in [0.3, 0.4) is 0 Å². The molecule has 0 aliphatic heterocycles. The quantitative estimate of drug-likeness (QED) is 0.0187. The van der Waals surface area contributed by atoms with E-state index >= 15 is 0 Å². The molecule has 10 nitrogen and oxygen atoms in total. The molecule has 0 atom stereocenters. The summed E-state index contributed by atoms with van der Waals surface area (Å²) in [6, 6.07) is 27.5. The van der Waals surface area contributed by atoms with Gasteiger partial charge in [0.1, 0.15) is 28.7 Å².